The van der Waals surface area contributed by atoms with Gasteiger partial charge in [-0.2, -0.15) is 0 Å². The van der Waals surface area contributed by atoms with Crippen molar-refractivity contribution in [1.29, 1.82) is 0 Å². The highest BCUT2D eigenvalue weighted by molar-refractivity contribution is 5.88. The maximum absolute atomic E-state index is 14.6. The topological polar surface area (TPSA) is 52.6 Å². The molecule has 0 bridgehead atoms. The van der Waals surface area contributed by atoms with Gasteiger partial charge in [-0.3, -0.25) is 0 Å². The van der Waals surface area contributed by atoms with Crippen LogP contribution in [0.4, 0.5) is 4.39 Å². The molecule has 0 fully saturated rings. The molecule has 3 rings (SSSR count). The number of hydrogen-bond acceptors (Lipinski definition) is 4. The first-order valence-electron chi connectivity index (χ1n) is 10.5. The third-order valence-electron chi connectivity index (χ3n) is 4.62. The number of ether oxygens (including phenoxy) is 2. The summed E-state index contributed by atoms with van der Waals surface area (Å²) in [5.41, 5.74) is 3.03. The van der Waals surface area contributed by atoms with E-state index in [0.717, 1.165) is 6.08 Å². The van der Waals surface area contributed by atoms with Crippen LogP contribution in [0.15, 0.2) is 91.5 Å². The van der Waals surface area contributed by atoms with Crippen molar-refractivity contribution < 1.29 is 23.5 Å². The first kappa shape index (κ1) is 24.8. The Labute approximate surface area is 203 Å². The zero-order chi connectivity index (χ0) is 25.2. The van der Waals surface area contributed by atoms with Crippen molar-refractivity contribution in [3.63, 3.8) is 0 Å². The van der Waals surface area contributed by atoms with E-state index in [2.05, 4.69) is 36.8 Å². The molecule has 172 valence electrons. The second-order valence-electron chi connectivity index (χ2n) is 7.36. The number of hydrogen-bond donors (Lipinski definition) is 0. The van der Waals surface area contributed by atoms with Crippen molar-refractivity contribution in [2.24, 2.45) is 0 Å². The zero-order valence-electron chi connectivity index (χ0n) is 19.1. The number of carbonyl (C=O) groups is 2. The zero-order valence-corrected chi connectivity index (χ0v) is 19.1. The van der Waals surface area contributed by atoms with Crippen molar-refractivity contribution >= 4 is 11.9 Å². The second-order valence-corrected chi connectivity index (χ2v) is 7.36. The molecule has 35 heavy (non-hydrogen) atoms. The van der Waals surface area contributed by atoms with E-state index < -0.39 is 17.8 Å². The molecular formula is C30H21FO4. The van der Waals surface area contributed by atoms with Gasteiger partial charge >= 0.3 is 11.9 Å². The van der Waals surface area contributed by atoms with Crippen LogP contribution in [0.1, 0.15) is 34.7 Å². The van der Waals surface area contributed by atoms with Crippen molar-refractivity contribution in [3.05, 3.63) is 125 Å². The van der Waals surface area contributed by atoms with Crippen LogP contribution in [-0.2, 0) is 20.9 Å². The lowest BCUT2D eigenvalue weighted by molar-refractivity contribution is -0.139. The molecule has 3 aromatic carbocycles. The fraction of sp³-hybridized carbons (Fsp3) is 0.0667. The number of halogens is 1. The Kier molecular flexibility index (Phi) is 8.38. The van der Waals surface area contributed by atoms with Gasteiger partial charge in [0, 0.05) is 33.9 Å². The van der Waals surface area contributed by atoms with Gasteiger partial charge < -0.3 is 9.47 Å². The highest BCUT2D eigenvalue weighted by Gasteiger charge is 2.05. The van der Waals surface area contributed by atoms with E-state index >= 15 is 0 Å². The normalized spacial score (nSPS) is 9.54. The van der Waals surface area contributed by atoms with Crippen LogP contribution >= 0.6 is 0 Å². The summed E-state index contributed by atoms with van der Waals surface area (Å²) >= 11 is 0. The Morgan fingerprint density at radius 3 is 2.26 bits per heavy atom. The SMILES string of the molecule is C=CC(=O)OCc1ccccc1C#Cc1ccc(C#Cc2ccc(OC(=O)C(=C)C)cc2)cc1F. The molecule has 3 aromatic rings. The lowest BCUT2D eigenvalue weighted by Crippen LogP contribution is -2.07. The predicted molar refractivity (Wildman–Crippen MR) is 132 cm³/mol. The summed E-state index contributed by atoms with van der Waals surface area (Å²) in [5, 5.41) is 0. The first-order valence-corrected chi connectivity index (χ1v) is 10.5. The third kappa shape index (κ3) is 7.32. The van der Waals surface area contributed by atoms with Gasteiger partial charge in [0.15, 0.2) is 0 Å². The summed E-state index contributed by atoms with van der Waals surface area (Å²) in [7, 11) is 0. The van der Waals surface area contributed by atoms with E-state index in [-0.39, 0.29) is 12.2 Å². The lowest BCUT2D eigenvalue weighted by Gasteiger charge is -2.04. The molecule has 0 saturated carbocycles. The molecule has 0 radical (unpaired) electrons. The van der Waals surface area contributed by atoms with Gasteiger partial charge in [0.05, 0.1) is 5.56 Å². The van der Waals surface area contributed by atoms with E-state index in [1.54, 1.807) is 67.6 Å². The summed E-state index contributed by atoms with van der Waals surface area (Å²) in [6.07, 6.45) is 1.09. The number of rotatable bonds is 5. The molecule has 0 atom stereocenters. The highest BCUT2D eigenvalue weighted by atomic mass is 19.1. The van der Waals surface area contributed by atoms with Gasteiger partial charge in [0.1, 0.15) is 18.2 Å². The van der Waals surface area contributed by atoms with Crippen LogP contribution in [0.2, 0.25) is 0 Å². The van der Waals surface area contributed by atoms with Crippen LogP contribution in [-0.4, -0.2) is 11.9 Å². The summed E-state index contributed by atoms with van der Waals surface area (Å²) in [6, 6.07) is 18.4. The average molecular weight is 464 g/mol. The third-order valence-corrected chi connectivity index (χ3v) is 4.62. The summed E-state index contributed by atoms with van der Waals surface area (Å²) in [5.74, 6) is 10.5. The summed E-state index contributed by atoms with van der Waals surface area (Å²) in [4.78, 5) is 22.9. The molecule has 0 amide bonds. The molecule has 0 aliphatic carbocycles. The molecule has 0 heterocycles. The molecule has 0 unspecified atom stereocenters. The van der Waals surface area contributed by atoms with E-state index in [9.17, 15) is 14.0 Å². The minimum atomic E-state index is -0.530. The lowest BCUT2D eigenvalue weighted by atomic mass is 10.1. The monoisotopic (exact) mass is 464 g/mol. The van der Waals surface area contributed by atoms with Crippen LogP contribution < -0.4 is 4.74 Å². The largest absolute Gasteiger partial charge is 0.458 e. The van der Waals surface area contributed by atoms with Crippen LogP contribution in [0.25, 0.3) is 0 Å². The molecule has 0 saturated heterocycles. The average Bonchev–Trinajstić information content (AvgIpc) is 2.86. The Bertz CT molecular complexity index is 1410. The fourth-order valence-corrected chi connectivity index (χ4v) is 2.75. The van der Waals surface area contributed by atoms with Gasteiger partial charge in [0.25, 0.3) is 0 Å². The van der Waals surface area contributed by atoms with E-state index in [1.165, 1.54) is 6.07 Å². The minimum Gasteiger partial charge on any atom is -0.458 e. The molecule has 0 aliphatic heterocycles. The molecule has 0 N–H and O–H groups in total. The predicted octanol–water partition coefficient (Wildman–Crippen LogP) is 5.34. The van der Waals surface area contributed by atoms with Gasteiger partial charge in [0.2, 0.25) is 0 Å². The van der Waals surface area contributed by atoms with E-state index in [1.807, 2.05) is 0 Å². The Balaban J connectivity index is 1.72. The standard InChI is InChI=1S/C30H21FO4/c1-4-29(32)34-20-26-8-6-5-7-24(26)15-16-25-14-11-23(19-28(25)31)10-9-22-12-17-27(18-13-22)35-30(33)21(2)3/h4-8,11-14,17-19H,1-2,20H2,3H3. The van der Waals surface area contributed by atoms with Gasteiger partial charge in [-0.1, -0.05) is 55.0 Å². The number of benzene rings is 3. The van der Waals surface area contributed by atoms with Crippen molar-refractivity contribution in [3.8, 4) is 29.4 Å². The van der Waals surface area contributed by atoms with Crippen molar-refractivity contribution in [2.75, 3.05) is 0 Å². The smallest absolute Gasteiger partial charge is 0.338 e. The minimum absolute atomic E-state index is 0.0457. The van der Waals surface area contributed by atoms with Gasteiger partial charge in [-0.05, 0) is 55.5 Å². The Morgan fingerprint density at radius 2 is 1.57 bits per heavy atom. The maximum atomic E-state index is 14.6. The molecule has 0 aliphatic rings. The van der Waals surface area contributed by atoms with Gasteiger partial charge in [-0.25, -0.2) is 14.0 Å². The number of carbonyl (C=O) groups excluding carboxylic acids is 2. The first-order chi connectivity index (χ1) is 16.9. The molecule has 4 nitrogen and oxygen atoms in total. The van der Waals surface area contributed by atoms with Crippen LogP contribution in [0.3, 0.4) is 0 Å². The maximum Gasteiger partial charge on any atom is 0.338 e. The number of esters is 2. The van der Waals surface area contributed by atoms with E-state index in [4.69, 9.17) is 9.47 Å². The molecule has 0 spiro atoms. The summed E-state index contributed by atoms with van der Waals surface area (Å²) in [6.45, 7) is 8.52. The van der Waals surface area contributed by atoms with Crippen LogP contribution in [0, 0.1) is 29.5 Å². The summed E-state index contributed by atoms with van der Waals surface area (Å²) < 4.78 is 24.8. The molecule has 0 aromatic heterocycles. The molecule has 5 heteroatoms. The Hall–Kier alpha value is -4.87. The van der Waals surface area contributed by atoms with Crippen molar-refractivity contribution in [1.82, 2.24) is 0 Å². The van der Waals surface area contributed by atoms with E-state index in [0.29, 0.717) is 33.6 Å². The highest BCUT2D eigenvalue weighted by Crippen LogP contribution is 2.14. The van der Waals surface area contributed by atoms with Crippen molar-refractivity contribution in [2.45, 2.75) is 13.5 Å². The quantitative estimate of drug-likeness (QED) is 0.222. The van der Waals surface area contributed by atoms with Gasteiger partial charge in [-0.15, -0.1) is 0 Å². The Morgan fingerprint density at radius 1 is 0.914 bits per heavy atom. The molecular weight excluding hydrogens is 443 g/mol. The fourth-order valence-electron chi connectivity index (χ4n) is 2.75. The second kappa shape index (κ2) is 11.8. The van der Waals surface area contributed by atoms with Crippen LogP contribution in [0.5, 0.6) is 5.75 Å².